The van der Waals surface area contributed by atoms with E-state index in [2.05, 4.69) is 11.3 Å². The van der Waals surface area contributed by atoms with E-state index < -0.39 is 10.0 Å². The summed E-state index contributed by atoms with van der Waals surface area (Å²) in [6.45, 7) is 3.86. The van der Waals surface area contributed by atoms with Crippen LogP contribution < -0.4 is 4.72 Å². The first-order chi connectivity index (χ1) is 9.37. The Bertz CT molecular complexity index is 563. The van der Waals surface area contributed by atoms with E-state index in [9.17, 15) is 13.2 Å². The van der Waals surface area contributed by atoms with Gasteiger partial charge in [-0.2, -0.15) is 0 Å². The minimum absolute atomic E-state index is 0.226. The number of benzene rings is 1. The Kier molecular flexibility index (Phi) is 5.91. The van der Waals surface area contributed by atoms with Crippen molar-refractivity contribution in [1.29, 1.82) is 0 Å². The second kappa shape index (κ2) is 7.21. The molecule has 0 fully saturated rings. The van der Waals surface area contributed by atoms with Gasteiger partial charge in [0.2, 0.25) is 10.0 Å². The van der Waals surface area contributed by atoms with Crippen LogP contribution in [-0.2, 0) is 26.1 Å². The lowest BCUT2D eigenvalue weighted by Crippen LogP contribution is -2.21. The van der Waals surface area contributed by atoms with Gasteiger partial charge in [-0.05, 0) is 17.5 Å². The number of hydrogen-bond acceptors (Lipinski definition) is 4. The Labute approximate surface area is 119 Å². The number of allylic oxidation sites excluding steroid dienone is 1. The number of hydrogen-bond donors (Lipinski definition) is 1. The van der Waals surface area contributed by atoms with E-state index in [1.54, 1.807) is 30.3 Å². The fourth-order valence-electron chi connectivity index (χ4n) is 1.76. The van der Waals surface area contributed by atoms with Crippen LogP contribution in [0.3, 0.4) is 0 Å². The van der Waals surface area contributed by atoms with Crippen LogP contribution >= 0.6 is 0 Å². The van der Waals surface area contributed by atoms with Crippen molar-refractivity contribution in [2.24, 2.45) is 0 Å². The van der Waals surface area contributed by atoms with E-state index >= 15 is 0 Å². The molecule has 0 heterocycles. The zero-order chi connectivity index (χ0) is 15.2. The molecule has 1 aromatic rings. The van der Waals surface area contributed by atoms with Crippen LogP contribution in [0.25, 0.3) is 0 Å². The number of methoxy groups -OCH3 is 1. The van der Waals surface area contributed by atoms with Crippen LogP contribution in [0.15, 0.2) is 36.9 Å². The summed E-state index contributed by atoms with van der Waals surface area (Å²) < 4.78 is 29.2. The smallest absolute Gasteiger partial charge is 0.313 e. The molecule has 0 saturated carbocycles. The first kappa shape index (κ1) is 16.4. The first-order valence-corrected chi connectivity index (χ1v) is 7.98. The normalized spacial score (nSPS) is 12.7. The van der Waals surface area contributed by atoms with Gasteiger partial charge in [-0.25, -0.2) is 13.1 Å². The van der Waals surface area contributed by atoms with Crippen molar-refractivity contribution in [2.45, 2.75) is 18.9 Å². The number of sulfonamides is 1. The molecule has 0 amide bonds. The molecule has 1 rings (SSSR count). The lowest BCUT2D eigenvalue weighted by Gasteiger charge is -2.13. The van der Waals surface area contributed by atoms with Crippen molar-refractivity contribution >= 4 is 16.0 Å². The molecule has 1 unspecified atom stereocenters. The van der Waals surface area contributed by atoms with E-state index in [-0.39, 0.29) is 18.4 Å². The van der Waals surface area contributed by atoms with Crippen LogP contribution in [0.4, 0.5) is 0 Å². The summed E-state index contributed by atoms with van der Waals surface area (Å²) in [6.07, 6.45) is 3.27. The quantitative estimate of drug-likeness (QED) is 0.612. The van der Waals surface area contributed by atoms with Crippen LogP contribution in [0.5, 0.6) is 0 Å². The zero-order valence-corrected chi connectivity index (χ0v) is 12.4. The number of rotatable bonds is 7. The maximum Gasteiger partial charge on any atom is 0.313 e. The number of nitrogens with one attached hydrogen (secondary N) is 1. The van der Waals surface area contributed by atoms with Crippen molar-refractivity contribution in [3.05, 3.63) is 48.0 Å². The van der Waals surface area contributed by atoms with Crippen LogP contribution in [0.1, 0.15) is 23.5 Å². The third-order valence-corrected chi connectivity index (χ3v) is 3.48. The average molecular weight is 297 g/mol. The molecule has 1 aromatic carbocycles. The summed E-state index contributed by atoms with van der Waals surface area (Å²) in [5.41, 5.74) is 1.64. The molecule has 1 N–H and O–H groups in total. The molecule has 0 saturated heterocycles. The van der Waals surface area contributed by atoms with Crippen molar-refractivity contribution < 1.29 is 17.9 Å². The molecule has 20 heavy (non-hydrogen) atoms. The average Bonchev–Trinajstić information content (AvgIpc) is 2.41. The Hall–Kier alpha value is -1.66. The predicted octanol–water partition coefficient (Wildman–Crippen LogP) is 1.57. The number of carbonyl (C=O) groups is 1. The SMILES string of the molecule is C=CCC(C(=O)OC)c1ccc(CNS(C)(=O)=O)cc1. The summed E-state index contributed by atoms with van der Waals surface area (Å²) in [4.78, 5) is 11.7. The van der Waals surface area contributed by atoms with Crippen molar-refractivity contribution in [1.82, 2.24) is 4.72 Å². The van der Waals surface area contributed by atoms with E-state index in [4.69, 9.17) is 4.74 Å². The predicted molar refractivity (Wildman–Crippen MR) is 77.7 cm³/mol. The lowest BCUT2D eigenvalue weighted by molar-refractivity contribution is -0.142. The highest BCUT2D eigenvalue weighted by molar-refractivity contribution is 7.88. The summed E-state index contributed by atoms with van der Waals surface area (Å²) in [6, 6.07) is 7.16. The fraction of sp³-hybridized carbons (Fsp3) is 0.357. The van der Waals surface area contributed by atoms with Gasteiger partial charge in [0.25, 0.3) is 0 Å². The van der Waals surface area contributed by atoms with Crippen LogP contribution in [0, 0.1) is 0 Å². The molecule has 0 aliphatic heterocycles. The standard InChI is InChI=1S/C14H19NO4S/c1-4-5-13(14(16)19-2)12-8-6-11(7-9-12)10-15-20(3,17)18/h4,6-9,13,15H,1,5,10H2,2-3H3. The summed E-state index contributed by atoms with van der Waals surface area (Å²) in [7, 11) is -1.86. The third-order valence-electron chi connectivity index (χ3n) is 2.81. The molecule has 1 atom stereocenters. The highest BCUT2D eigenvalue weighted by Gasteiger charge is 2.19. The summed E-state index contributed by atoms with van der Waals surface area (Å²) in [5.74, 6) is -0.693. The van der Waals surface area contributed by atoms with Gasteiger partial charge in [-0.1, -0.05) is 30.3 Å². The molecule has 0 aliphatic carbocycles. The van der Waals surface area contributed by atoms with Gasteiger partial charge in [0, 0.05) is 6.54 Å². The van der Waals surface area contributed by atoms with Gasteiger partial charge in [-0.15, -0.1) is 6.58 Å². The van der Waals surface area contributed by atoms with Crippen LogP contribution in [0.2, 0.25) is 0 Å². The fourth-order valence-corrected chi connectivity index (χ4v) is 2.19. The van der Waals surface area contributed by atoms with E-state index in [1.165, 1.54) is 7.11 Å². The largest absolute Gasteiger partial charge is 0.469 e. The first-order valence-electron chi connectivity index (χ1n) is 6.09. The molecule has 0 aliphatic rings. The lowest BCUT2D eigenvalue weighted by atomic mass is 9.95. The molecule has 110 valence electrons. The maximum absolute atomic E-state index is 11.7. The van der Waals surface area contributed by atoms with E-state index in [1.807, 2.05) is 0 Å². The number of ether oxygens (including phenoxy) is 1. The molecule has 0 spiro atoms. The maximum atomic E-state index is 11.7. The van der Waals surface area contributed by atoms with Crippen LogP contribution in [-0.4, -0.2) is 27.8 Å². The van der Waals surface area contributed by atoms with Gasteiger partial charge in [0.15, 0.2) is 0 Å². The highest BCUT2D eigenvalue weighted by atomic mass is 32.2. The highest BCUT2D eigenvalue weighted by Crippen LogP contribution is 2.22. The van der Waals surface area contributed by atoms with E-state index in [0.29, 0.717) is 6.42 Å². The second-order valence-electron chi connectivity index (χ2n) is 4.43. The number of carbonyl (C=O) groups excluding carboxylic acids is 1. The summed E-state index contributed by atoms with van der Waals surface area (Å²) in [5, 5.41) is 0. The molecule has 5 nitrogen and oxygen atoms in total. The Morgan fingerprint density at radius 3 is 2.45 bits per heavy atom. The molecular weight excluding hydrogens is 278 g/mol. The molecule has 0 aromatic heterocycles. The number of esters is 1. The molecule has 6 heteroatoms. The minimum Gasteiger partial charge on any atom is -0.469 e. The Morgan fingerprint density at radius 1 is 1.40 bits per heavy atom. The minimum atomic E-state index is -3.21. The van der Waals surface area contributed by atoms with Crippen molar-refractivity contribution in [3.63, 3.8) is 0 Å². The Morgan fingerprint density at radius 2 is 2.00 bits per heavy atom. The molecular formula is C14H19NO4S. The summed E-state index contributed by atoms with van der Waals surface area (Å²) >= 11 is 0. The van der Waals surface area contributed by atoms with E-state index in [0.717, 1.165) is 17.4 Å². The van der Waals surface area contributed by atoms with Gasteiger partial charge < -0.3 is 4.74 Å². The van der Waals surface area contributed by atoms with Gasteiger partial charge in [-0.3, -0.25) is 4.79 Å². The third kappa shape index (κ3) is 5.14. The zero-order valence-electron chi connectivity index (χ0n) is 11.6. The second-order valence-corrected chi connectivity index (χ2v) is 6.27. The molecule has 0 bridgehead atoms. The topological polar surface area (TPSA) is 72.5 Å². The van der Waals surface area contributed by atoms with Crippen molar-refractivity contribution in [3.8, 4) is 0 Å². The van der Waals surface area contributed by atoms with Crippen molar-refractivity contribution in [2.75, 3.05) is 13.4 Å². The van der Waals surface area contributed by atoms with Gasteiger partial charge in [0.1, 0.15) is 0 Å². The Balaban J connectivity index is 2.82. The van der Waals surface area contributed by atoms with Gasteiger partial charge in [0.05, 0.1) is 19.3 Å². The monoisotopic (exact) mass is 297 g/mol. The van der Waals surface area contributed by atoms with Gasteiger partial charge >= 0.3 is 5.97 Å². The molecule has 0 radical (unpaired) electrons.